The number of carbonyl (C=O) groups is 1. The van der Waals surface area contributed by atoms with Gasteiger partial charge in [-0.1, -0.05) is 26.1 Å². The lowest BCUT2D eigenvalue weighted by atomic mass is 10.2. The highest BCUT2D eigenvalue weighted by molar-refractivity contribution is 7.91. The van der Waals surface area contributed by atoms with Gasteiger partial charge in [-0.3, -0.25) is 4.79 Å². The van der Waals surface area contributed by atoms with Gasteiger partial charge >= 0.3 is 0 Å². The molecule has 0 saturated heterocycles. The van der Waals surface area contributed by atoms with E-state index in [1.54, 1.807) is 6.07 Å². The maximum absolute atomic E-state index is 11.9. The Morgan fingerprint density at radius 1 is 1.45 bits per heavy atom. The standard InChI is InChI=1S/C11H17N3O3S3/c1-7(2)5-13-9(15)6-14-20(16,17)10-4-3-8(19-10)11(12)18/h3-4,7,14H,5-6H2,1-2H3,(H2,12,18)(H,13,15). The average Bonchev–Trinajstić information content (AvgIpc) is 2.84. The van der Waals surface area contributed by atoms with Crippen LogP contribution in [0.2, 0.25) is 0 Å². The number of carbonyl (C=O) groups excluding carboxylic acids is 1. The van der Waals surface area contributed by atoms with Crippen molar-refractivity contribution in [3.8, 4) is 0 Å². The van der Waals surface area contributed by atoms with Crippen molar-refractivity contribution in [2.45, 2.75) is 18.1 Å². The third-order valence-corrected chi connectivity index (χ3v) is 5.58. The van der Waals surface area contributed by atoms with E-state index >= 15 is 0 Å². The molecule has 112 valence electrons. The third-order valence-electron chi connectivity index (χ3n) is 2.22. The molecule has 1 aromatic heterocycles. The van der Waals surface area contributed by atoms with Crippen LogP contribution in [-0.4, -0.2) is 32.4 Å². The molecule has 1 aromatic rings. The summed E-state index contributed by atoms with van der Waals surface area (Å²) in [6.07, 6.45) is 0. The van der Waals surface area contributed by atoms with Crippen LogP contribution in [0.1, 0.15) is 18.7 Å². The van der Waals surface area contributed by atoms with Crippen molar-refractivity contribution in [3.05, 3.63) is 17.0 Å². The van der Waals surface area contributed by atoms with Gasteiger partial charge in [-0.05, 0) is 18.1 Å². The first kappa shape index (κ1) is 17.0. The highest BCUT2D eigenvalue weighted by Gasteiger charge is 2.18. The second-order valence-electron chi connectivity index (χ2n) is 4.51. The maximum Gasteiger partial charge on any atom is 0.250 e. The Kier molecular flexibility index (Phi) is 6.06. The molecule has 0 radical (unpaired) electrons. The molecule has 0 atom stereocenters. The molecule has 6 nitrogen and oxygen atoms in total. The molecule has 4 N–H and O–H groups in total. The Bertz CT molecular complexity index is 593. The predicted octanol–water partition coefficient (Wildman–Crippen LogP) is 0.433. The number of hydrogen-bond donors (Lipinski definition) is 3. The van der Waals surface area contributed by atoms with Gasteiger partial charge in [0.1, 0.15) is 9.20 Å². The normalized spacial score (nSPS) is 11.6. The summed E-state index contributed by atoms with van der Waals surface area (Å²) in [7, 11) is -3.71. The first-order chi connectivity index (χ1) is 9.22. The van der Waals surface area contributed by atoms with Gasteiger partial charge < -0.3 is 11.1 Å². The largest absolute Gasteiger partial charge is 0.389 e. The van der Waals surface area contributed by atoms with Gasteiger partial charge in [-0.25, -0.2) is 13.1 Å². The van der Waals surface area contributed by atoms with Crippen LogP contribution in [-0.2, 0) is 14.8 Å². The monoisotopic (exact) mass is 335 g/mol. The minimum Gasteiger partial charge on any atom is -0.389 e. The van der Waals surface area contributed by atoms with Gasteiger partial charge in [0.15, 0.2) is 0 Å². The van der Waals surface area contributed by atoms with E-state index < -0.39 is 10.0 Å². The minimum absolute atomic E-state index is 0.0805. The number of thiophene rings is 1. The topological polar surface area (TPSA) is 101 Å². The fraction of sp³-hybridized carbons (Fsp3) is 0.455. The van der Waals surface area contributed by atoms with E-state index in [1.165, 1.54) is 6.07 Å². The SMILES string of the molecule is CC(C)CNC(=O)CNS(=O)(=O)c1ccc(C(N)=S)s1. The summed E-state index contributed by atoms with van der Waals surface area (Å²) in [4.78, 5) is 12.1. The number of sulfonamides is 1. The van der Waals surface area contributed by atoms with E-state index in [2.05, 4.69) is 10.0 Å². The fourth-order valence-corrected chi connectivity index (χ4v) is 3.59. The van der Waals surface area contributed by atoms with Gasteiger partial charge in [0.25, 0.3) is 10.0 Å². The Balaban J connectivity index is 2.61. The van der Waals surface area contributed by atoms with E-state index in [0.717, 1.165) is 11.3 Å². The molecule has 0 saturated carbocycles. The summed E-state index contributed by atoms with van der Waals surface area (Å²) in [6, 6.07) is 2.95. The molecule has 0 aliphatic carbocycles. The van der Waals surface area contributed by atoms with Crippen LogP contribution >= 0.6 is 23.6 Å². The zero-order valence-corrected chi connectivity index (χ0v) is 13.6. The zero-order valence-electron chi connectivity index (χ0n) is 11.2. The third kappa shape index (κ3) is 5.16. The van der Waals surface area contributed by atoms with Crippen molar-refractivity contribution >= 4 is 44.5 Å². The molecule has 1 rings (SSSR count). The lowest BCUT2D eigenvalue weighted by molar-refractivity contribution is -0.120. The average molecular weight is 335 g/mol. The number of hydrogen-bond acceptors (Lipinski definition) is 5. The minimum atomic E-state index is -3.71. The second-order valence-corrected chi connectivity index (χ2v) is 8.02. The van der Waals surface area contributed by atoms with E-state index in [-0.39, 0.29) is 21.6 Å². The van der Waals surface area contributed by atoms with Crippen LogP contribution in [0, 0.1) is 5.92 Å². The summed E-state index contributed by atoms with van der Waals surface area (Å²) in [5.41, 5.74) is 5.42. The number of rotatable bonds is 7. The van der Waals surface area contributed by atoms with E-state index in [0.29, 0.717) is 17.3 Å². The predicted molar refractivity (Wildman–Crippen MR) is 83.2 cm³/mol. The van der Waals surface area contributed by atoms with Crippen LogP contribution in [0.4, 0.5) is 0 Å². The van der Waals surface area contributed by atoms with Crippen molar-refractivity contribution in [1.29, 1.82) is 0 Å². The van der Waals surface area contributed by atoms with E-state index in [9.17, 15) is 13.2 Å². The summed E-state index contributed by atoms with van der Waals surface area (Å²) in [5.74, 6) is -0.0608. The lowest BCUT2D eigenvalue weighted by Crippen LogP contribution is -2.38. The fourth-order valence-electron chi connectivity index (χ4n) is 1.21. The van der Waals surface area contributed by atoms with Crippen molar-refractivity contribution in [2.24, 2.45) is 11.7 Å². The molecule has 1 amide bonds. The van der Waals surface area contributed by atoms with Crippen LogP contribution in [0.5, 0.6) is 0 Å². The summed E-state index contributed by atoms with van der Waals surface area (Å²) in [5, 5.41) is 2.63. The molecule has 0 fully saturated rings. The highest BCUT2D eigenvalue weighted by atomic mass is 32.2. The number of nitrogens with two attached hydrogens (primary N) is 1. The molecule has 0 bridgehead atoms. The van der Waals surface area contributed by atoms with Crippen molar-refractivity contribution in [2.75, 3.05) is 13.1 Å². The van der Waals surface area contributed by atoms with E-state index in [4.69, 9.17) is 18.0 Å². The summed E-state index contributed by atoms with van der Waals surface area (Å²) < 4.78 is 26.2. The quantitative estimate of drug-likeness (QED) is 0.627. The zero-order chi connectivity index (χ0) is 15.3. The van der Waals surface area contributed by atoms with Crippen LogP contribution < -0.4 is 15.8 Å². The second kappa shape index (κ2) is 7.11. The Hall–Kier alpha value is -1.03. The first-order valence-electron chi connectivity index (χ1n) is 5.88. The summed E-state index contributed by atoms with van der Waals surface area (Å²) in [6.45, 7) is 4.11. The molecule has 0 aliphatic heterocycles. The Morgan fingerprint density at radius 2 is 2.10 bits per heavy atom. The van der Waals surface area contributed by atoms with Gasteiger partial charge in [0.05, 0.1) is 11.4 Å². The number of nitrogens with one attached hydrogen (secondary N) is 2. The summed E-state index contributed by atoms with van der Waals surface area (Å²) >= 11 is 5.74. The van der Waals surface area contributed by atoms with Crippen molar-refractivity contribution in [1.82, 2.24) is 10.0 Å². The molecular weight excluding hydrogens is 318 g/mol. The highest BCUT2D eigenvalue weighted by Crippen LogP contribution is 2.21. The van der Waals surface area contributed by atoms with Crippen LogP contribution in [0.15, 0.2) is 16.3 Å². The molecule has 0 aromatic carbocycles. The number of thiocarbonyl (C=S) groups is 1. The number of amides is 1. The molecule has 0 aliphatic rings. The van der Waals surface area contributed by atoms with Crippen LogP contribution in [0.3, 0.4) is 0 Å². The molecule has 1 heterocycles. The van der Waals surface area contributed by atoms with Gasteiger partial charge in [-0.2, -0.15) is 0 Å². The Labute approximate surface area is 127 Å². The smallest absolute Gasteiger partial charge is 0.250 e. The lowest BCUT2D eigenvalue weighted by Gasteiger charge is -2.08. The maximum atomic E-state index is 11.9. The molecule has 0 unspecified atom stereocenters. The molecular formula is C11H17N3O3S3. The first-order valence-corrected chi connectivity index (χ1v) is 8.59. The van der Waals surface area contributed by atoms with Crippen molar-refractivity contribution in [3.63, 3.8) is 0 Å². The molecule has 9 heteroatoms. The van der Waals surface area contributed by atoms with Gasteiger partial charge in [0, 0.05) is 6.54 Å². The van der Waals surface area contributed by atoms with Gasteiger partial charge in [-0.15, -0.1) is 11.3 Å². The van der Waals surface area contributed by atoms with Gasteiger partial charge in [0.2, 0.25) is 5.91 Å². The van der Waals surface area contributed by atoms with Crippen LogP contribution in [0.25, 0.3) is 0 Å². The van der Waals surface area contributed by atoms with E-state index in [1.807, 2.05) is 13.8 Å². The van der Waals surface area contributed by atoms with Crippen molar-refractivity contribution < 1.29 is 13.2 Å². The molecule has 0 spiro atoms. The Morgan fingerprint density at radius 3 is 2.60 bits per heavy atom. The molecule has 20 heavy (non-hydrogen) atoms.